The maximum atomic E-state index is 2.72. The Balaban J connectivity index is 1.23. The number of hydrogen-bond acceptors (Lipinski definition) is 1. The third kappa shape index (κ3) is 4.74. The van der Waals surface area contributed by atoms with Crippen molar-refractivity contribution in [2.24, 2.45) is 0 Å². The van der Waals surface area contributed by atoms with E-state index >= 15 is 0 Å². The molecule has 3 heteroatoms. The maximum absolute atomic E-state index is 2.72. The number of fused-ring (bicyclic) bond motifs is 9. The monoisotopic (exact) mass is 744 g/mol. The molecule has 3 heterocycles. The molecule has 1 aliphatic carbocycles. The van der Waals surface area contributed by atoms with Crippen molar-refractivity contribution in [1.82, 2.24) is 4.57 Å². The van der Waals surface area contributed by atoms with Crippen LogP contribution in [0.5, 0.6) is 0 Å². The Morgan fingerprint density at radius 1 is 0.500 bits per heavy atom. The molecule has 0 unspecified atom stereocenters. The van der Waals surface area contributed by atoms with Gasteiger partial charge in [0, 0.05) is 33.4 Å². The van der Waals surface area contributed by atoms with E-state index in [4.69, 9.17) is 0 Å². The van der Waals surface area contributed by atoms with Crippen LogP contribution in [0.3, 0.4) is 0 Å². The van der Waals surface area contributed by atoms with E-state index in [-0.39, 0.29) is 17.7 Å². The van der Waals surface area contributed by atoms with Gasteiger partial charge in [0.2, 0.25) is 0 Å². The SMILES string of the molecule is Cc1cc2c3c(c1)-n1c4ccc(-c5ccccc5)cc4c4cc(-c5ccccc5)cc(c41)B3N(c1ccc3c(c1)C(C)(C)CCC3(C)C)c1cc3ccccc3cc1-2. The van der Waals surface area contributed by atoms with Crippen molar-refractivity contribution in [2.75, 3.05) is 4.81 Å². The molecule has 3 aliphatic rings. The predicted octanol–water partition coefficient (Wildman–Crippen LogP) is 13.2. The first kappa shape index (κ1) is 33.8. The summed E-state index contributed by atoms with van der Waals surface area (Å²) in [6.45, 7) is 12.0. The van der Waals surface area contributed by atoms with Crippen molar-refractivity contribution < 1.29 is 0 Å². The standard InChI is InChI=1S/C55H45BN2/c1-34-26-44-42-28-37-18-12-13-19-38(37)32-50(42)58(41-21-22-46-47(33-41)55(4,5)25-24-54(46,2)3)56-48-31-40(36-16-10-7-11-17-36)30-45-43-29-39(35-14-8-6-9-15-35)20-23-49(43)57(53(45)48)51(27-34)52(44)56/h6-23,26-33H,24-25H2,1-5H3. The summed E-state index contributed by atoms with van der Waals surface area (Å²) in [5.41, 5.74) is 21.2. The van der Waals surface area contributed by atoms with Gasteiger partial charge in [0.15, 0.2) is 0 Å². The minimum absolute atomic E-state index is 0.0476. The summed E-state index contributed by atoms with van der Waals surface area (Å²) >= 11 is 0. The van der Waals surface area contributed by atoms with E-state index in [1.165, 1.54) is 123 Å². The molecule has 1 aromatic heterocycles. The summed E-state index contributed by atoms with van der Waals surface area (Å²) in [6, 6.07) is 60.1. The molecule has 0 atom stereocenters. The highest BCUT2D eigenvalue weighted by Crippen LogP contribution is 2.50. The van der Waals surface area contributed by atoms with E-state index in [0.717, 1.165) is 0 Å². The van der Waals surface area contributed by atoms with Crippen LogP contribution in [0.15, 0.2) is 158 Å². The molecular weight excluding hydrogens is 699 g/mol. The van der Waals surface area contributed by atoms with Gasteiger partial charge in [-0.1, -0.05) is 137 Å². The van der Waals surface area contributed by atoms with Crippen molar-refractivity contribution in [3.05, 3.63) is 174 Å². The number of nitrogens with zero attached hydrogens (tertiary/aromatic N) is 2. The second-order valence-corrected chi connectivity index (χ2v) is 18.5. The molecule has 0 N–H and O–H groups in total. The van der Waals surface area contributed by atoms with Crippen LogP contribution in [0.1, 0.15) is 57.2 Å². The van der Waals surface area contributed by atoms with Gasteiger partial charge in [-0.05, 0) is 145 Å². The first-order valence-electron chi connectivity index (χ1n) is 21.0. The molecule has 8 aromatic carbocycles. The molecule has 12 rings (SSSR count). The van der Waals surface area contributed by atoms with Gasteiger partial charge in [-0.25, -0.2) is 0 Å². The molecular formula is C55H45BN2. The summed E-state index contributed by atoms with van der Waals surface area (Å²) in [6.07, 6.45) is 2.38. The zero-order chi connectivity index (χ0) is 39.1. The van der Waals surface area contributed by atoms with Crippen LogP contribution < -0.4 is 15.7 Å². The van der Waals surface area contributed by atoms with Crippen molar-refractivity contribution in [3.8, 4) is 39.1 Å². The van der Waals surface area contributed by atoms with Crippen molar-refractivity contribution in [2.45, 2.75) is 58.3 Å². The molecule has 0 fully saturated rings. The molecule has 0 saturated heterocycles. The molecule has 0 spiro atoms. The Hall–Kier alpha value is -6.32. The van der Waals surface area contributed by atoms with Gasteiger partial charge in [-0.3, -0.25) is 0 Å². The van der Waals surface area contributed by atoms with Crippen molar-refractivity contribution >= 4 is 61.7 Å². The minimum Gasteiger partial charge on any atom is -0.376 e. The minimum atomic E-state index is -0.0476. The fourth-order valence-corrected chi connectivity index (χ4v) is 10.9. The lowest BCUT2D eigenvalue weighted by Gasteiger charge is -2.45. The van der Waals surface area contributed by atoms with Gasteiger partial charge in [0.05, 0.1) is 11.0 Å². The van der Waals surface area contributed by atoms with Crippen LogP contribution >= 0.6 is 0 Å². The zero-order valence-corrected chi connectivity index (χ0v) is 33.9. The first-order valence-corrected chi connectivity index (χ1v) is 21.0. The lowest BCUT2D eigenvalue weighted by Crippen LogP contribution is -2.60. The third-order valence-electron chi connectivity index (χ3n) is 14.0. The first-order chi connectivity index (χ1) is 28.1. The van der Waals surface area contributed by atoms with E-state index in [1.807, 2.05) is 0 Å². The van der Waals surface area contributed by atoms with Crippen LogP contribution in [0.25, 0.3) is 71.6 Å². The predicted molar refractivity (Wildman–Crippen MR) is 248 cm³/mol. The Morgan fingerprint density at radius 3 is 1.90 bits per heavy atom. The Morgan fingerprint density at radius 2 is 1.16 bits per heavy atom. The lowest BCUT2D eigenvalue weighted by atomic mass is 9.43. The number of anilines is 2. The molecule has 0 amide bonds. The Labute approximate surface area is 341 Å². The van der Waals surface area contributed by atoms with Crippen molar-refractivity contribution in [1.29, 1.82) is 0 Å². The largest absolute Gasteiger partial charge is 0.376 e. The van der Waals surface area contributed by atoms with Gasteiger partial charge in [-0.2, -0.15) is 0 Å². The molecule has 2 aliphatic heterocycles. The molecule has 0 bridgehead atoms. The number of hydrogen-bond donors (Lipinski definition) is 0. The topological polar surface area (TPSA) is 8.17 Å². The fourth-order valence-electron chi connectivity index (χ4n) is 10.9. The normalized spacial score (nSPS) is 15.7. The van der Waals surface area contributed by atoms with Gasteiger partial charge in [0.25, 0.3) is 0 Å². The van der Waals surface area contributed by atoms with Crippen LogP contribution in [-0.2, 0) is 10.8 Å². The van der Waals surface area contributed by atoms with Gasteiger partial charge in [-0.15, -0.1) is 0 Å². The highest BCUT2D eigenvalue weighted by molar-refractivity contribution is 6.93. The average molecular weight is 745 g/mol. The molecule has 9 aromatic rings. The summed E-state index contributed by atoms with van der Waals surface area (Å²) in [4.78, 5) is 2.72. The van der Waals surface area contributed by atoms with E-state index < -0.39 is 0 Å². The summed E-state index contributed by atoms with van der Waals surface area (Å²) in [5, 5.41) is 5.13. The number of benzene rings is 8. The Kier molecular flexibility index (Phi) is 6.91. The molecule has 2 nitrogen and oxygen atoms in total. The average Bonchev–Trinajstić information content (AvgIpc) is 3.58. The smallest absolute Gasteiger partial charge is 0.333 e. The second kappa shape index (κ2) is 11.9. The number of aromatic nitrogens is 1. The van der Waals surface area contributed by atoms with Gasteiger partial charge < -0.3 is 9.38 Å². The third-order valence-corrected chi connectivity index (χ3v) is 14.0. The zero-order valence-electron chi connectivity index (χ0n) is 33.9. The maximum Gasteiger partial charge on any atom is 0.333 e. The van der Waals surface area contributed by atoms with Crippen LogP contribution in [0, 0.1) is 6.92 Å². The lowest BCUT2D eigenvalue weighted by molar-refractivity contribution is 0.332. The molecule has 0 radical (unpaired) electrons. The molecule has 278 valence electrons. The van der Waals surface area contributed by atoms with Crippen LogP contribution in [0.4, 0.5) is 11.4 Å². The number of aryl methyl sites for hydroxylation is 1. The quantitative estimate of drug-likeness (QED) is 0.164. The van der Waals surface area contributed by atoms with E-state index in [0.29, 0.717) is 0 Å². The van der Waals surface area contributed by atoms with Gasteiger partial charge in [0.1, 0.15) is 0 Å². The van der Waals surface area contributed by atoms with E-state index in [1.54, 1.807) is 0 Å². The summed E-state index contributed by atoms with van der Waals surface area (Å²) in [7, 11) is 0. The fraction of sp³-hybridized carbons (Fsp3) is 0.164. The van der Waals surface area contributed by atoms with Crippen LogP contribution in [-0.4, -0.2) is 11.4 Å². The van der Waals surface area contributed by atoms with Crippen LogP contribution in [0.2, 0.25) is 0 Å². The van der Waals surface area contributed by atoms with Crippen molar-refractivity contribution in [3.63, 3.8) is 0 Å². The van der Waals surface area contributed by atoms with E-state index in [2.05, 4.69) is 202 Å². The molecule has 0 saturated carbocycles. The second-order valence-electron chi connectivity index (χ2n) is 18.5. The highest BCUT2D eigenvalue weighted by atomic mass is 15.1. The highest BCUT2D eigenvalue weighted by Gasteiger charge is 2.45. The Bertz CT molecular complexity index is 3190. The van der Waals surface area contributed by atoms with Gasteiger partial charge >= 0.3 is 6.85 Å². The summed E-state index contributed by atoms with van der Waals surface area (Å²) in [5.74, 6) is 0. The number of rotatable bonds is 3. The molecule has 58 heavy (non-hydrogen) atoms. The van der Waals surface area contributed by atoms with E-state index in [9.17, 15) is 0 Å². The summed E-state index contributed by atoms with van der Waals surface area (Å²) < 4.78 is 2.61.